The smallest absolute Gasteiger partial charge is 0.0112 e. The van der Waals surface area contributed by atoms with Gasteiger partial charge in [0.2, 0.25) is 0 Å². The van der Waals surface area contributed by atoms with Crippen molar-refractivity contribution in [1.82, 2.24) is 10.6 Å². The highest BCUT2D eigenvalue weighted by Crippen LogP contribution is 1.99. The highest BCUT2D eigenvalue weighted by molar-refractivity contribution is 4.57. The van der Waals surface area contributed by atoms with Crippen molar-refractivity contribution in [2.45, 2.75) is 46.0 Å². The zero-order valence-electron chi connectivity index (χ0n) is 9.31. The van der Waals surface area contributed by atoms with E-state index in [9.17, 15) is 0 Å². The molecule has 0 aliphatic carbocycles. The lowest BCUT2D eigenvalue weighted by atomic mass is 10.2. The zero-order chi connectivity index (χ0) is 9.94. The summed E-state index contributed by atoms with van der Waals surface area (Å²) in [7, 11) is 0. The van der Waals surface area contributed by atoms with Gasteiger partial charge < -0.3 is 4.90 Å². The van der Waals surface area contributed by atoms with Crippen LogP contribution in [0.15, 0.2) is 0 Å². The standard InChI is InChI=1S/C11H25N2/c1-3-5-9-13(10-6-4-2)11-7-8-12/h12H,3-11H2,1-2H3. The Bertz CT molecular complexity index is 75.1. The van der Waals surface area contributed by atoms with Crippen LogP contribution in [0.1, 0.15) is 46.0 Å². The number of nitrogens with zero attached hydrogens (tertiary/aromatic N) is 1. The zero-order valence-corrected chi connectivity index (χ0v) is 9.31. The van der Waals surface area contributed by atoms with E-state index in [1.54, 1.807) is 0 Å². The number of rotatable bonds is 9. The molecule has 0 rings (SSSR count). The predicted octanol–water partition coefficient (Wildman–Crippen LogP) is 2.56. The molecule has 0 amide bonds. The molecule has 0 atom stereocenters. The third kappa shape index (κ3) is 8.26. The molecule has 2 heteroatoms. The van der Waals surface area contributed by atoms with Crippen molar-refractivity contribution in [3.8, 4) is 0 Å². The molecule has 0 unspecified atom stereocenters. The van der Waals surface area contributed by atoms with Gasteiger partial charge >= 0.3 is 0 Å². The molecule has 0 saturated carbocycles. The summed E-state index contributed by atoms with van der Waals surface area (Å²) in [6.45, 7) is 8.65. The summed E-state index contributed by atoms with van der Waals surface area (Å²) in [6, 6.07) is 0. The van der Waals surface area contributed by atoms with Crippen molar-refractivity contribution in [2.75, 3.05) is 26.2 Å². The Morgan fingerprint density at radius 1 is 0.846 bits per heavy atom. The van der Waals surface area contributed by atoms with E-state index in [2.05, 4.69) is 18.7 Å². The number of hydrogen-bond acceptors (Lipinski definition) is 1. The van der Waals surface area contributed by atoms with Gasteiger partial charge in [0, 0.05) is 6.54 Å². The molecule has 13 heavy (non-hydrogen) atoms. The van der Waals surface area contributed by atoms with Crippen molar-refractivity contribution in [2.24, 2.45) is 0 Å². The summed E-state index contributed by atoms with van der Waals surface area (Å²) in [6.07, 6.45) is 6.21. The lowest BCUT2D eigenvalue weighted by molar-refractivity contribution is 0.263. The van der Waals surface area contributed by atoms with Gasteiger partial charge in [-0.1, -0.05) is 26.7 Å². The molecular formula is C11H25N2. The van der Waals surface area contributed by atoms with Crippen molar-refractivity contribution >= 4 is 0 Å². The second-order valence-electron chi connectivity index (χ2n) is 3.65. The molecule has 0 aromatic rings. The van der Waals surface area contributed by atoms with E-state index in [-0.39, 0.29) is 0 Å². The first-order valence-corrected chi connectivity index (χ1v) is 5.72. The fourth-order valence-electron chi connectivity index (χ4n) is 1.40. The van der Waals surface area contributed by atoms with Gasteiger partial charge in [-0.05, 0) is 38.9 Å². The average Bonchev–Trinajstić information content (AvgIpc) is 2.17. The summed E-state index contributed by atoms with van der Waals surface area (Å²) in [5, 5.41) is 0. The predicted molar refractivity (Wildman–Crippen MR) is 58.8 cm³/mol. The Balaban J connectivity index is 3.47. The van der Waals surface area contributed by atoms with E-state index in [0.29, 0.717) is 6.54 Å². The van der Waals surface area contributed by atoms with Crippen molar-refractivity contribution in [1.29, 1.82) is 0 Å². The number of hydrogen-bond donors (Lipinski definition) is 0. The van der Waals surface area contributed by atoms with Crippen LogP contribution in [0.4, 0.5) is 0 Å². The van der Waals surface area contributed by atoms with E-state index in [0.717, 1.165) is 13.0 Å². The third-order valence-corrected chi connectivity index (χ3v) is 2.31. The Labute approximate surface area is 83.5 Å². The second kappa shape index (κ2) is 10.0. The molecule has 0 saturated heterocycles. The van der Waals surface area contributed by atoms with Crippen molar-refractivity contribution < 1.29 is 0 Å². The Morgan fingerprint density at radius 2 is 1.31 bits per heavy atom. The quantitative estimate of drug-likeness (QED) is 0.542. The van der Waals surface area contributed by atoms with E-state index in [1.807, 2.05) is 0 Å². The first kappa shape index (κ1) is 12.9. The SMILES string of the molecule is CCCCN(CCCC)CCC[NH]. The minimum absolute atomic E-state index is 0.578. The van der Waals surface area contributed by atoms with Crippen molar-refractivity contribution in [3.63, 3.8) is 0 Å². The molecular weight excluding hydrogens is 160 g/mol. The van der Waals surface area contributed by atoms with Crippen LogP contribution in [-0.4, -0.2) is 31.1 Å². The van der Waals surface area contributed by atoms with Gasteiger partial charge in [-0.25, -0.2) is 0 Å². The third-order valence-electron chi connectivity index (χ3n) is 2.31. The van der Waals surface area contributed by atoms with Crippen LogP contribution in [0.25, 0.3) is 0 Å². The number of nitrogens with one attached hydrogen (secondary N) is 1. The van der Waals surface area contributed by atoms with E-state index in [4.69, 9.17) is 5.73 Å². The summed E-state index contributed by atoms with van der Waals surface area (Å²) >= 11 is 0. The van der Waals surface area contributed by atoms with Crippen LogP contribution < -0.4 is 5.73 Å². The maximum absolute atomic E-state index is 7.12. The first-order valence-electron chi connectivity index (χ1n) is 5.72. The minimum atomic E-state index is 0.578. The summed E-state index contributed by atoms with van der Waals surface area (Å²) in [5.41, 5.74) is 7.12. The summed E-state index contributed by atoms with van der Waals surface area (Å²) < 4.78 is 0. The fraction of sp³-hybridized carbons (Fsp3) is 1.00. The van der Waals surface area contributed by atoms with E-state index < -0.39 is 0 Å². The summed E-state index contributed by atoms with van der Waals surface area (Å²) in [5.74, 6) is 0. The molecule has 0 aromatic carbocycles. The summed E-state index contributed by atoms with van der Waals surface area (Å²) in [4.78, 5) is 2.52. The Morgan fingerprint density at radius 3 is 1.69 bits per heavy atom. The average molecular weight is 185 g/mol. The maximum Gasteiger partial charge on any atom is 0.0112 e. The Kier molecular flexibility index (Phi) is 9.94. The molecule has 1 N–H and O–H groups in total. The van der Waals surface area contributed by atoms with Crippen LogP contribution in [0.3, 0.4) is 0 Å². The molecule has 1 radical (unpaired) electrons. The topological polar surface area (TPSA) is 27.0 Å². The van der Waals surface area contributed by atoms with Gasteiger partial charge in [0.15, 0.2) is 0 Å². The van der Waals surface area contributed by atoms with Gasteiger partial charge in [0.05, 0.1) is 0 Å². The van der Waals surface area contributed by atoms with Crippen LogP contribution in [0.2, 0.25) is 0 Å². The van der Waals surface area contributed by atoms with Crippen LogP contribution >= 0.6 is 0 Å². The van der Waals surface area contributed by atoms with E-state index >= 15 is 0 Å². The largest absolute Gasteiger partial charge is 0.303 e. The lowest BCUT2D eigenvalue weighted by Crippen LogP contribution is -2.27. The highest BCUT2D eigenvalue weighted by atomic mass is 15.1. The van der Waals surface area contributed by atoms with Gasteiger partial charge in [0.25, 0.3) is 0 Å². The lowest BCUT2D eigenvalue weighted by Gasteiger charge is -2.21. The second-order valence-corrected chi connectivity index (χ2v) is 3.65. The van der Waals surface area contributed by atoms with E-state index in [1.165, 1.54) is 38.8 Å². The molecule has 0 bridgehead atoms. The maximum atomic E-state index is 7.12. The van der Waals surface area contributed by atoms with Crippen LogP contribution in [0.5, 0.6) is 0 Å². The molecule has 0 fully saturated rings. The van der Waals surface area contributed by atoms with Gasteiger partial charge in [-0.2, -0.15) is 0 Å². The Hall–Kier alpha value is -0.0800. The fourth-order valence-corrected chi connectivity index (χ4v) is 1.40. The normalized spacial score (nSPS) is 11.1. The molecule has 0 aliphatic heterocycles. The highest BCUT2D eigenvalue weighted by Gasteiger charge is 2.01. The minimum Gasteiger partial charge on any atom is -0.303 e. The molecule has 0 aromatic heterocycles. The molecule has 79 valence electrons. The van der Waals surface area contributed by atoms with Crippen LogP contribution in [0, 0.1) is 0 Å². The molecule has 0 aliphatic rings. The van der Waals surface area contributed by atoms with Crippen LogP contribution in [-0.2, 0) is 0 Å². The number of unbranched alkanes of at least 4 members (excludes halogenated alkanes) is 2. The van der Waals surface area contributed by atoms with Gasteiger partial charge in [-0.15, -0.1) is 0 Å². The molecule has 2 nitrogen and oxygen atoms in total. The first-order chi connectivity index (χ1) is 6.35. The van der Waals surface area contributed by atoms with Gasteiger partial charge in [0.1, 0.15) is 0 Å². The monoisotopic (exact) mass is 185 g/mol. The molecule has 0 heterocycles. The van der Waals surface area contributed by atoms with Gasteiger partial charge in [-0.3, -0.25) is 5.73 Å². The van der Waals surface area contributed by atoms with Crippen molar-refractivity contribution in [3.05, 3.63) is 0 Å². The molecule has 0 spiro atoms.